The van der Waals surface area contributed by atoms with Crippen LogP contribution >= 0.6 is 0 Å². The average Bonchev–Trinajstić information content (AvgIpc) is 2.79. The van der Waals surface area contributed by atoms with Crippen molar-refractivity contribution in [3.8, 4) is 5.69 Å². The Kier molecular flexibility index (Phi) is 6.25. The van der Waals surface area contributed by atoms with E-state index in [1.54, 1.807) is 12.1 Å². The molecule has 33 heavy (non-hydrogen) atoms. The number of piperidine rings is 1. The maximum Gasteiger partial charge on any atom is 0.271 e. The van der Waals surface area contributed by atoms with Crippen molar-refractivity contribution in [2.75, 3.05) is 23.3 Å². The summed E-state index contributed by atoms with van der Waals surface area (Å²) < 4.78 is 37.5. The molecule has 4 rings (SSSR count). The first-order chi connectivity index (χ1) is 15.7. The number of carbonyl (C=O) groups is 1. The van der Waals surface area contributed by atoms with E-state index in [0.29, 0.717) is 36.7 Å². The van der Waals surface area contributed by atoms with Crippen molar-refractivity contribution in [2.24, 2.45) is 11.1 Å². The number of nitrogens with two attached hydrogens (primary N) is 1. The summed E-state index contributed by atoms with van der Waals surface area (Å²) in [6.07, 6.45) is 1.41. The number of benzene rings is 2. The van der Waals surface area contributed by atoms with Crippen molar-refractivity contribution in [2.45, 2.75) is 17.7 Å². The molecule has 2 aromatic carbocycles. The van der Waals surface area contributed by atoms with E-state index in [0.717, 1.165) is 11.1 Å². The fourth-order valence-corrected chi connectivity index (χ4v) is 4.25. The summed E-state index contributed by atoms with van der Waals surface area (Å²) in [7, 11) is -3.81. The van der Waals surface area contributed by atoms with Gasteiger partial charge in [-0.3, -0.25) is 9.59 Å². The van der Waals surface area contributed by atoms with Crippen molar-refractivity contribution in [3.05, 3.63) is 76.8 Å². The minimum Gasteiger partial charge on any atom is -0.354 e. The number of halogens is 1. The van der Waals surface area contributed by atoms with E-state index in [4.69, 9.17) is 5.14 Å². The molecule has 0 unspecified atom stereocenters. The first-order valence-electron chi connectivity index (χ1n) is 10.3. The van der Waals surface area contributed by atoms with Gasteiger partial charge in [0.1, 0.15) is 11.6 Å². The van der Waals surface area contributed by atoms with Crippen LogP contribution in [-0.2, 0) is 14.8 Å². The SMILES string of the molecule is NS(=O)(=O)c1ccc(NC(=O)[C@H]2CCCN(c3ccc(=O)n(-c4cccc(F)c4)n3)C2)cc1. The number of amides is 1. The van der Waals surface area contributed by atoms with E-state index in [9.17, 15) is 22.4 Å². The lowest BCUT2D eigenvalue weighted by atomic mass is 9.97. The third kappa shape index (κ3) is 5.26. The number of nitrogens with zero attached hydrogens (tertiary/aromatic N) is 3. The van der Waals surface area contributed by atoms with Gasteiger partial charge < -0.3 is 10.2 Å². The quantitative estimate of drug-likeness (QED) is 0.585. The van der Waals surface area contributed by atoms with Crippen LogP contribution in [0.5, 0.6) is 0 Å². The van der Waals surface area contributed by atoms with Gasteiger partial charge in [0.2, 0.25) is 15.9 Å². The Balaban J connectivity index is 1.49. The molecule has 1 aliphatic heterocycles. The van der Waals surface area contributed by atoms with Crippen molar-refractivity contribution in [3.63, 3.8) is 0 Å². The smallest absolute Gasteiger partial charge is 0.271 e. The van der Waals surface area contributed by atoms with Gasteiger partial charge in [0.25, 0.3) is 5.56 Å². The third-order valence-corrected chi connectivity index (χ3v) is 6.33. The molecule has 1 saturated heterocycles. The molecule has 3 aromatic rings. The second kappa shape index (κ2) is 9.12. The van der Waals surface area contributed by atoms with E-state index in [-0.39, 0.29) is 16.7 Å². The number of sulfonamides is 1. The highest BCUT2D eigenvalue weighted by Gasteiger charge is 2.27. The summed E-state index contributed by atoms with van der Waals surface area (Å²) >= 11 is 0. The number of rotatable bonds is 5. The molecule has 1 fully saturated rings. The predicted octanol–water partition coefficient (Wildman–Crippen LogP) is 1.87. The van der Waals surface area contributed by atoms with Crippen LogP contribution in [0.3, 0.4) is 0 Å². The van der Waals surface area contributed by atoms with E-state index in [1.807, 2.05) is 4.90 Å². The summed E-state index contributed by atoms with van der Waals surface area (Å²) in [4.78, 5) is 27.0. The number of carbonyl (C=O) groups excluding carboxylic acids is 1. The maximum atomic E-state index is 13.6. The Hall–Kier alpha value is -3.57. The zero-order chi connectivity index (χ0) is 23.6. The summed E-state index contributed by atoms with van der Waals surface area (Å²) in [6.45, 7) is 1.04. The second-order valence-electron chi connectivity index (χ2n) is 7.77. The minimum absolute atomic E-state index is 0.0381. The number of aromatic nitrogens is 2. The topological polar surface area (TPSA) is 127 Å². The zero-order valence-electron chi connectivity index (χ0n) is 17.5. The molecule has 1 aromatic heterocycles. The first kappa shape index (κ1) is 22.6. The molecule has 0 radical (unpaired) electrons. The molecule has 0 bridgehead atoms. The lowest BCUT2D eigenvalue weighted by molar-refractivity contribution is -0.120. The van der Waals surface area contributed by atoms with Crippen molar-refractivity contribution < 1.29 is 17.6 Å². The first-order valence-corrected chi connectivity index (χ1v) is 11.8. The molecule has 172 valence electrons. The van der Waals surface area contributed by atoms with E-state index < -0.39 is 21.4 Å². The second-order valence-corrected chi connectivity index (χ2v) is 9.33. The third-order valence-electron chi connectivity index (χ3n) is 5.41. The summed E-state index contributed by atoms with van der Waals surface area (Å²) in [5.74, 6) is -0.512. The Labute approximate surface area is 189 Å². The van der Waals surface area contributed by atoms with Gasteiger partial charge in [-0.15, -0.1) is 5.10 Å². The fourth-order valence-electron chi connectivity index (χ4n) is 3.73. The average molecular weight is 472 g/mol. The zero-order valence-corrected chi connectivity index (χ0v) is 18.3. The molecule has 1 aliphatic rings. The van der Waals surface area contributed by atoms with Gasteiger partial charge in [0, 0.05) is 24.8 Å². The number of primary sulfonamides is 1. The van der Waals surface area contributed by atoms with E-state index in [2.05, 4.69) is 10.4 Å². The normalized spacial score (nSPS) is 16.4. The van der Waals surface area contributed by atoms with Gasteiger partial charge in [0.15, 0.2) is 0 Å². The summed E-state index contributed by atoms with van der Waals surface area (Å²) in [5.41, 5.74) is 0.386. The molecular formula is C22H22FN5O4S. The molecule has 1 amide bonds. The molecule has 11 heteroatoms. The fraction of sp³-hybridized carbons (Fsp3) is 0.227. The van der Waals surface area contributed by atoms with Gasteiger partial charge in [-0.1, -0.05) is 6.07 Å². The van der Waals surface area contributed by atoms with Crippen molar-refractivity contribution >= 4 is 27.4 Å². The number of hydrogen-bond acceptors (Lipinski definition) is 6. The van der Waals surface area contributed by atoms with Crippen molar-refractivity contribution in [1.82, 2.24) is 9.78 Å². The molecule has 0 spiro atoms. The van der Waals surface area contributed by atoms with E-state index >= 15 is 0 Å². The number of nitrogens with one attached hydrogen (secondary N) is 1. The van der Waals surface area contributed by atoms with Gasteiger partial charge in [0.05, 0.1) is 16.5 Å². The lowest BCUT2D eigenvalue weighted by Gasteiger charge is -2.32. The highest BCUT2D eigenvalue weighted by Crippen LogP contribution is 2.23. The van der Waals surface area contributed by atoms with Crippen LogP contribution in [0.1, 0.15) is 12.8 Å². The van der Waals surface area contributed by atoms with Crippen LogP contribution in [0.25, 0.3) is 5.69 Å². The molecular weight excluding hydrogens is 449 g/mol. The van der Waals surface area contributed by atoms with Gasteiger partial charge in [-0.05, 0) is 61.4 Å². The van der Waals surface area contributed by atoms with Gasteiger partial charge >= 0.3 is 0 Å². The number of hydrogen-bond donors (Lipinski definition) is 2. The van der Waals surface area contributed by atoms with Crippen LogP contribution in [0, 0.1) is 11.7 Å². The summed E-state index contributed by atoms with van der Waals surface area (Å²) in [5, 5.41) is 12.3. The van der Waals surface area contributed by atoms with Crippen molar-refractivity contribution in [1.29, 1.82) is 0 Å². The van der Waals surface area contributed by atoms with Crippen LogP contribution in [0.15, 0.2) is 70.4 Å². The minimum atomic E-state index is -3.81. The molecule has 9 nitrogen and oxygen atoms in total. The Morgan fingerprint density at radius 2 is 1.88 bits per heavy atom. The van der Waals surface area contributed by atoms with Crippen LogP contribution in [0.2, 0.25) is 0 Å². The standard InChI is InChI=1S/C22H22FN5O4S/c23-16-4-1-5-18(13-16)28-21(29)11-10-20(26-28)27-12-2-3-15(14-27)22(30)25-17-6-8-19(9-7-17)33(24,31)32/h1,4-11,13,15H,2-3,12,14H2,(H,25,30)(H2,24,31,32)/t15-/m0/s1. The highest BCUT2D eigenvalue weighted by atomic mass is 32.2. The maximum absolute atomic E-state index is 13.6. The molecule has 0 saturated carbocycles. The highest BCUT2D eigenvalue weighted by molar-refractivity contribution is 7.89. The van der Waals surface area contributed by atoms with E-state index in [1.165, 1.54) is 48.5 Å². The monoisotopic (exact) mass is 471 g/mol. The largest absolute Gasteiger partial charge is 0.354 e. The molecule has 3 N–H and O–H groups in total. The van der Waals surface area contributed by atoms with Gasteiger partial charge in [-0.2, -0.15) is 4.68 Å². The number of anilines is 2. The van der Waals surface area contributed by atoms with Crippen LogP contribution < -0.4 is 20.9 Å². The Morgan fingerprint density at radius 1 is 1.12 bits per heavy atom. The Morgan fingerprint density at radius 3 is 2.58 bits per heavy atom. The van der Waals surface area contributed by atoms with Gasteiger partial charge in [-0.25, -0.2) is 17.9 Å². The lowest BCUT2D eigenvalue weighted by Crippen LogP contribution is -2.41. The molecule has 1 atom stereocenters. The van der Waals surface area contributed by atoms with Crippen LogP contribution in [-0.4, -0.2) is 37.2 Å². The Bertz CT molecular complexity index is 1340. The summed E-state index contributed by atoms with van der Waals surface area (Å²) in [6, 6.07) is 14.2. The van der Waals surface area contributed by atoms with Crippen LogP contribution in [0.4, 0.5) is 15.9 Å². The molecule has 2 heterocycles. The predicted molar refractivity (Wildman–Crippen MR) is 121 cm³/mol. The molecule has 0 aliphatic carbocycles.